The Morgan fingerprint density at radius 3 is 2.75 bits per heavy atom. The zero-order valence-electron chi connectivity index (χ0n) is 4.91. The van der Waals surface area contributed by atoms with Crippen LogP contribution >= 0.6 is 11.6 Å². The Bertz CT molecular complexity index is 74.8. The summed E-state index contributed by atoms with van der Waals surface area (Å²) in [5, 5.41) is 2.50. The second kappa shape index (κ2) is 4.91. The second-order valence-corrected chi connectivity index (χ2v) is 1.84. The van der Waals surface area contributed by atoms with E-state index < -0.39 is 0 Å². The van der Waals surface area contributed by atoms with Gasteiger partial charge in [-0.3, -0.25) is 4.79 Å². The summed E-state index contributed by atoms with van der Waals surface area (Å²) in [5.74, 6) is 0.624. The smallest absolute Gasteiger partial charge is 0.219 e. The van der Waals surface area contributed by atoms with Gasteiger partial charge in [-0.1, -0.05) is 0 Å². The van der Waals surface area contributed by atoms with Gasteiger partial charge in [0.2, 0.25) is 5.91 Å². The maximum atomic E-state index is 10.4. The van der Waals surface area contributed by atoms with E-state index in [1.54, 1.807) is 7.05 Å². The molecule has 2 nitrogen and oxygen atoms in total. The molecule has 0 bridgehead atoms. The van der Waals surface area contributed by atoms with E-state index in [9.17, 15) is 4.79 Å². The summed E-state index contributed by atoms with van der Waals surface area (Å²) in [7, 11) is 1.62. The van der Waals surface area contributed by atoms with E-state index >= 15 is 0 Å². The van der Waals surface area contributed by atoms with Gasteiger partial charge >= 0.3 is 0 Å². The van der Waals surface area contributed by atoms with Crippen LogP contribution in [0.15, 0.2) is 0 Å². The first-order chi connectivity index (χ1) is 3.81. The Balaban J connectivity index is 2.99. The highest BCUT2D eigenvalue weighted by atomic mass is 35.5. The average molecular weight is 136 g/mol. The van der Waals surface area contributed by atoms with E-state index in [0.717, 1.165) is 6.42 Å². The molecule has 1 amide bonds. The Morgan fingerprint density at radius 2 is 2.38 bits per heavy atom. The number of amides is 1. The summed E-state index contributed by atoms with van der Waals surface area (Å²) in [6, 6.07) is 0. The quantitative estimate of drug-likeness (QED) is 0.569. The first-order valence-electron chi connectivity index (χ1n) is 2.57. The summed E-state index contributed by atoms with van der Waals surface area (Å²) in [5.41, 5.74) is 0. The molecule has 0 saturated carbocycles. The van der Waals surface area contributed by atoms with Gasteiger partial charge in [0.1, 0.15) is 0 Å². The molecule has 8 heavy (non-hydrogen) atoms. The molecule has 0 fully saturated rings. The van der Waals surface area contributed by atoms with Crippen LogP contribution in [0.5, 0.6) is 0 Å². The number of rotatable bonds is 3. The largest absolute Gasteiger partial charge is 0.359 e. The minimum Gasteiger partial charge on any atom is -0.359 e. The number of hydrogen-bond acceptors (Lipinski definition) is 1. The van der Waals surface area contributed by atoms with Gasteiger partial charge in [0.25, 0.3) is 0 Å². The lowest BCUT2D eigenvalue weighted by Crippen LogP contribution is -2.16. The topological polar surface area (TPSA) is 29.1 Å². The highest BCUT2D eigenvalue weighted by Gasteiger charge is 1.93. The SMILES string of the molecule is CNC(=O)CCCCl. The minimum atomic E-state index is 0.0608. The number of alkyl halides is 1. The molecular formula is C5H10ClNO. The van der Waals surface area contributed by atoms with Gasteiger partial charge in [-0.05, 0) is 6.42 Å². The molecular weight excluding hydrogens is 126 g/mol. The lowest BCUT2D eigenvalue weighted by molar-refractivity contribution is -0.120. The zero-order valence-corrected chi connectivity index (χ0v) is 5.66. The van der Waals surface area contributed by atoms with E-state index in [0.29, 0.717) is 12.3 Å². The Kier molecular flexibility index (Phi) is 4.76. The van der Waals surface area contributed by atoms with Gasteiger partial charge in [-0.2, -0.15) is 0 Å². The monoisotopic (exact) mass is 135 g/mol. The van der Waals surface area contributed by atoms with Crippen LogP contribution < -0.4 is 5.32 Å². The normalized spacial score (nSPS) is 8.75. The van der Waals surface area contributed by atoms with Crippen LogP contribution in [0.2, 0.25) is 0 Å². The third-order valence-electron chi connectivity index (χ3n) is 0.816. The van der Waals surface area contributed by atoms with Gasteiger partial charge in [0.15, 0.2) is 0 Å². The highest BCUT2D eigenvalue weighted by Crippen LogP contribution is 1.89. The first kappa shape index (κ1) is 7.76. The number of carbonyl (C=O) groups excluding carboxylic acids is 1. The first-order valence-corrected chi connectivity index (χ1v) is 3.11. The second-order valence-electron chi connectivity index (χ2n) is 1.47. The molecule has 0 unspecified atom stereocenters. The van der Waals surface area contributed by atoms with Crippen molar-refractivity contribution in [3.05, 3.63) is 0 Å². The molecule has 0 saturated heterocycles. The van der Waals surface area contributed by atoms with Crippen molar-refractivity contribution in [3.8, 4) is 0 Å². The van der Waals surface area contributed by atoms with Gasteiger partial charge in [0, 0.05) is 19.3 Å². The molecule has 1 N–H and O–H groups in total. The van der Waals surface area contributed by atoms with Gasteiger partial charge in [-0.25, -0.2) is 0 Å². The van der Waals surface area contributed by atoms with Crippen molar-refractivity contribution >= 4 is 17.5 Å². The summed E-state index contributed by atoms with van der Waals surface area (Å²) in [6.45, 7) is 0. The fourth-order valence-corrected chi connectivity index (χ4v) is 0.486. The van der Waals surface area contributed by atoms with Crippen molar-refractivity contribution < 1.29 is 4.79 Å². The lowest BCUT2D eigenvalue weighted by Gasteiger charge is -1.93. The molecule has 0 aromatic rings. The Labute approximate surface area is 54.2 Å². The zero-order chi connectivity index (χ0) is 6.41. The summed E-state index contributed by atoms with van der Waals surface area (Å²) >= 11 is 5.32. The fraction of sp³-hybridized carbons (Fsp3) is 0.800. The molecule has 0 rings (SSSR count). The standard InChI is InChI=1S/C5H10ClNO/c1-7-5(8)3-2-4-6/h2-4H2,1H3,(H,7,8). The minimum absolute atomic E-state index is 0.0608. The van der Waals surface area contributed by atoms with Gasteiger partial charge < -0.3 is 5.32 Å². The third kappa shape index (κ3) is 3.93. The molecule has 3 heteroatoms. The predicted octanol–water partition coefficient (Wildman–Crippen LogP) is 0.751. The van der Waals surface area contributed by atoms with Crippen LogP contribution in [-0.4, -0.2) is 18.8 Å². The predicted molar refractivity (Wildman–Crippen MR) is 34.0 cm³/mol. The number of halogens is 1. The fourth-order valence-electron chi connectivity index (χ4n) is 0.352. The molecule has 0 atom stereocenters. The van der Waals surface area contributed by atoms with Crippen molar-refractivity contribution in [2.75, 3.05) is 12.9 Å². The van der Waals surface area contributed by atoms with Crippen LogP contribution in [0, 0.1) is 0 Å². The van der Waals surface area contributed by atoms with Crippen molar-refractivity contribution in [2.45, 2.75) is 12.8 Å². The number of hydrogen-bond donors (Lipinski definition) is 1. The molecule has 48 valence electrons. The molecule has 0 heterocycles. The van der Waals surface area contributed by atoms with Crippen LogP contribution in [0.25, 0.3) is 0 Å². The van der Waals surface area contributed by atoms with Gasteiger partial charge in [0.05, 0.1) is 0 Å². The summed E-state index contributed by atoms with van der Waals surface area (Å²) < 4.78 is 0. The van der Waals surface area contributed by atoms with E-state index in [2.05, 4.69) is 5.32 Å². The van der Waals surface area contributed by atoms with Crippen molar-refractivity contribution in [2.24, 2.45) is 0 Å². The van der Waals surface area contributed by atoms with Crippen LogP contribution in [-0.2, 0) is 4.79 Å². The molecule has 0 aliphatic rings. The Morgan fingerprint density at radius 1 is 1.75 bits per heavy atom. The van der Waals surface area contributed by atoms with Crippen LogP contribution in [0.3, 0.4) is 0 Å². The lowest BCUT2D eigenvalue weighted by atomic mass is 10.3. The van der Waals surface area contributed by atoms with Crippen LogP contribution in [0.1, 0.15) is 12.8 Å². The molecule has 0 radical (unpaired) electrons. The van der Waals surface area contributed by atoms with Crippen molar-refractivity contribution in [1.29, 1.82) is 0 Å². The summed E-state index contributed by atoms with van der Waals surface area (Å²) in [4.78, 5) is 10.4. The molecule has 0 aromatic carbocycles. The molecule has 0 aliphatic heterocycles. The van der Waals surface area contributed by atoms with E-state index in [1.807, 2.05) is 0 Å². The van der Waals surface area contributed by atoms with E-state index in [-0.39, 0.29) is 5.91 Å². The maximum absolute atomic E-state index is 10.4. The Hall–Kier alpha value is -0.240. The van der Waals surface area contributed by atoms with Crippen molar-refractivity contribution in [1.82, 2.24) is 5.32 Å². The van der Waals surface area contributed by atoms with Crippen molar-refractivity contribution in [3.63, 3.8) is 0 Å². The molecule has 0 spiro atoms. The summed E-state index contributed by atoms with van der Waals surface area (Å²) in [6.07, 6.45) is 1.31. The third-order valence-corrected chi connectivity index (χ3v) is 1.08. The molecule has 0 aliphatic carbocycles. The number of nitrogens with one attached hydrogen (secondary N) is 1. The van der Waals surface area contributed by atoms with Gasteiger partial charge in [-0.15, -0.1) is 11.6 Å². The average Bonchev–Trinajstić information content (AvgIpc) is 1.83. The van der Waals surface area contributed by atoms with E-state index in [1.165, 1.54) is 0 Å². The molecule has 0 aromatic heterocycles. The number of carbonyl (C=O) groups is 1. The van der Waals surface area contributed by atoms with E-state index in [4.69, 9.17) is 11.6 Å². The maximum Gasteiger partial charge on any atom is 0.219 e. The van der Waals surface area contributed by atoms with Crippen LogP contribution in [0.4, 0.5) is 0 Å². The highest BCUT2D eigenvalue weighted by molar-refractivity contribution is 6.17.